The molecule has 4 nitrogen and oxygen atoms in total. The molecule has 24 heavy (non-hydrogen) atoms. The Balaban J connectivity index is 2.44. The summed E-state index contributed by atoms with van der Waals surface area (Å²) in [5.74, 6) is -0.683. The minimum atomic E-state index is -3.45. The standard InChI is InChI=1S/C17H20Cl2NO3P/c1-3-22-24(21,23-4-2)17(13-8-6-5-7-9-13)20-16-11-10-14(18)12-15(16)19/h5-12,17,20H,3-4H2,1-2H3. The van der Waals surface area contributed by atoms with Crippen LogP contribution in [0.3, 0.4) is 0 Å². The molecule has 2 aromatic carbocycles. The molecule has 0 saturated carbocycles. The molecule has 7 heteroatoms. The largest absolute Gasteiger partial charge is 0.367 e. The van der Waals surface area contributed by atoms with Gasteiger partial charge in [-0.1, -0.05) is 53.5 Å². The second-order valence-corrected chi connectivity index (χ2v) is 7.91. The fourth-order valence-corrected chi connectivity index (χ4v) is 4.67. The van der Waals surface area contributed by atoms with Crippen molar-refractivity contribution in [3.63, 3.8) is 0 Å². The van der Waals surface area contributed by atoms with Crippen molar-refractivity contribution in [2.75, 3.05) is 18.5 Å². The van der Waals surface area contributed by atoms with Crippen LogP contribution >= 0.6 is 30.8 Å². The smallest absolute Gasteiger partial charge is 0.357 e. The number of nitrogens with one attached hydrogen (secondary N) is 1. The van der Waals surface area contributed by atoms with E-state index in [0.717, 1.165) is 5.56 Å². The second kappa shape index (κ2) is 8.89. The normalized spacial score (nSPS) is 12.8. The Hall–Kier alpha value is -1.03. The van der Waals surface area contributed by atoms with Crippen LogP contribution in [0, 0.1) is 0 Å². The van der Waals surface area contributed by atoms with Crippen molar-refractivity contribution < 1.29 is 13.6 Å². The predicted octanol–water partition coefficient (Wildman–Crippen LogP) is 6.37. The van der Waals surface area contributed by atoms with Crippen LogP contribution < -0.4 is 5.32 Å². The lowest BCUT2D eigenvalue weighted by Crippen LogP contribution is -2.15. The first-order valence-corrected chi connectivity index (χ1v) is 10.0. The van der Waals surface area contributed by atoms with E-state index in [2.05, 4.69) is 5.32 Å². The molecule has 0 aromatic heterocycles. The van der Waals surface area contributed by atoms with Gasteiger partial charge in [-0.25, -0.2) is 0 Å². The van der Waals surface area contributed by atoms with Crippen LogP contribution in [0.4, 0.5) is 5.69 Å². The monoisotopic (exact) mass is 387 g/mol. The molecule has 1 N–H and O–H groups in total. The molecule has 0 aliphatic rings. The van der Waals surface area contributed by atoms with Crippen LogP contribution in [0.5, 0.6) is 0 Å². The van der Waals surface area contributed by atoms with Crippen molar-refractivity contribution in [2.24, 2.45) is 0 Å². The van der Waals surface area contributed by atoms with Gasteiger partial charge in [-0.15, -0.1) is 0 Å². The fourth-order valence-electron chi connectivity index (χ4n) is 2.28. The summed E-state index contributed by atoms with van der Waals surface area (Å²) in [5, 5.41) is 4.16. The third-order valence-electron chi connectivity index (χ3n) is 3.27. The first-order chi connectivity index (χ1) is 11.5. The zero-order valence-electron chi connectivity index (χ0n) is 13.5. The summed E-state index contributed by atoms with van der Waals surface area (Å²) in [4.78, 5) is 0. The Morgan fingerprint density at radius 3 is 2.21 bits per heavy atom. The van der Waals surface area contributed by atoms with Crippen LogP contribution in [-0.4, -0.2) is 13.2 Å². The molecule has 0 aliphatic heterocycles. The summed E-state index contributed by atoms with van der Waals surface area (Å²) in [6, 6.07) is 14.4. The summed E-state index contributed by atoms with van der Waals surface area (Å²) in [5.41, 5.74) is 1.39. The molecule has 130 valence electrons. The van der Waals surface area contributed by atoms with E-state index in [-0.39, 0.29) is 13.2 Å². The van der Waals surface area contributed by atoms with Gasteiger partial charge >= 0.3 is 7.60 Å². The van der Waals surface area contributed by atoms with Gasteiger partial charge in [0.15, 0.2) is 5.78 Å². The SMILES string of the molecule is CCOP(=O)(OCC)C(Nc1ccc(Cl)cc1Cl)c1ccccc1. The van der Waals surface area contributed by atoms with Crippen LogP contribution in [0.15, 0.2) is 48.5 Å². The van der Waals surface area contributed by atoms with Crippen LogP contribution in [0.2, 0.25) is 10.0 Å². The van der Waals surface area contributed by atoms with Crippen LogP contribution in [0.1, 0.15) is 25.2 Å². The van der Waals surface area contributed by atoms with Gasteiger partial charge in [-0.3, -0.25) is 4.57 Å². The number of hydrogen-bond acceptors (Lipinski definition) is 4. The molecule has 0 radical (unpaired) electrons. The van der Waals surface area contributed by atoms with E-state index in [0.29, 0.717) is 15.7 Å². The number of halogens is 2. The molecule has 0 bridgehead atoms. The topological polar surface area (TPSA) is 47.6 Å². The Morgan fingerprint density at radius 2 is 1.67 bits per heavy atom. The summed E-state index contributed by atoms with van der Waals surface area (Å²) < 4.78 is 24.4. The Kier molecular flexibility index (Phi) is 7.15. The van der Waals surface area contributed by atoms with Gasteiger partial charge in [0.1, 0.15) is 0 Å². The maximum absolute atomic E-state index is 13.3. The quantitative estimate of drug-likeness (QED) is 0.534. The third-order valence-corrected chi connectivity index (χ3v) is 6.12. The Morgan fingerprint density at radius 1 is 1.04 bits per heavy atom. The molecule has 0 spiro atoms. The van der Waals surface area contributed by atoms with Crippen molar-refractivity contribution in [3.8, 4) is 0 Å². The van der Waals surface area contributed by atoms with Gasteiger partial charge in [-0.2, -0.15) is 0 Å². The molecular weight excluding hydrogens is 368 g/mol. The summed E-state index contributed by atoms with van der Waals surface area (Å²) in [7, 11) is -3.45. The first kappa shape index (κ1) is 19.3. The Labute approximate surface area is 152 Å². The zero-order valence-corrected chi connectivity index (χ0v) is 15.9. The van der Waals surface area contributed by atoms with E-state index in [1.807, 2.05) is 30.3 Å². The minimum absolute atomic E-state index is 0.274. The van der Waals surface area contributed by atoms with E-state index in [9.17, 15) is 4.57 Å². The molecule has 0 aliphatic carbocycles. The molecule has 0 saturated heterocycles. The first-order valence-electron chi connectivity index (χ1n) is 7.65. The van der Waals surface area contributed by atoms with Crippen LogP contribution in [-0.2, 0) is 13.6 Å². The second-order valence-electron chi connectivity index (χ2n) is 4.96. The number of anilines is 1. The zero-order chi connectivity index (χ0) is 17.6. The summed E-state index contributed by atoms with van der Waals surface area (Å²) in [6.45, 7) is 4.11. The van der Waals surface area contributed by atoms with Gasteiger partial charge in [0.05, 0.1) is 23.9 Å². The van der Waals surface area contributed by atoms with E-state index < -0.39 is 13.4 Å². The molecule has 1 unspecified atom stereocenters. The summed E-state index contributed by atoms with van der Waals surface area (Å²) >= 11 is 12.2. The van der Waals surface area contributed by atoms with Crippen molar-refractivity contribution in [1.29, 1.82) is 0 Å². The van der Waals surface area contributed by atoms with Crippen LogP contribution in [0.25, 0.3) is 0 Å². The fraction of sp³-hybridized carbons (Fsp3) is 0.294. The van der Waals surface area contributed by atoms with E-state index in [1.54, 1.807) is 32.0 Å². The molecule has 2 rings (SSSR count). The number of hydrogen-bond donors (Lipinski definition) is 1. The average Bonchev–Trinajstić information content (AvgIpc) is 2.55. The van der Waals surface area contributed by atoms with Gasteiger partial charge in [-0.05, 0) is 37.6 Å². The highest BCUT2D eigenvalue weighted by atomic mass is 35.5. The lowest BCUT2D eigenvalue weighted by atomic mass is 10.2. The molecule has 0 fully saturated rings. The predicted molar refractivity (Wildman–Crippen MR) is 100 cm³/mol. The van der Waals surface area contributed by atoms with E-state index in [4.69, 9.17) is 32.2 Å². The lowest BCUT2D eigenvalue weighted by molar-refractivity contribution is 0.214. The number of benzene rings is 2. The van der Waals surface area contributed by atoms with Crippen molar-refractivity contribution >= 4 is 36.5 Å². The van der Waals surface area contributed by atoms with E-state index in [1.165, 1.54) is 0 Å². The molecule has 0 amide bonds. The maximum atomic E-state index is 13.3. The van der Waals surface area contributed by atoms with Crippen molar-refractivity contribution in [1.82, 2.24) is 0 Å². The molecule has 0 heterocycles. The highest BCUT2D eigenvalue weighted by molar-refractivity contribution is 7.54. The van der Waals surface area contributed by atoms with E-state index >= 15 is 0 Å². The third kappa shape index (κ3) is 4.75. The van der Waals surface area contributed by atoms with Gasteiger partial charge in [0, 0.05) is 5.02 Å². The highest BCUT2D eigenvalue weighted by Gasteiger charge is 2.37. The van der Waals surface area contributed by atoms with Crippen molar-refractivity contribution in [2.45, 2.75) is 19.6 Å². The minimum Gasteiger partial charge on any atom is -0.367 e. The number of rotatable bonds is 8. The van der Waals surface area contributed by atoms with Gasteiger partial charge in [0.2, 0.25) is 0 Å². The van der Waals surface area contributed by atoms with Gasteiger partial charge in [0.25, 0.3) is 0 Å². The molecule has 1 atom stereocenters. The molecule has 2 aromatic rings. The Bertz CT molecular complexity index is 702. The van der Waals surface area contributed by atoms with Gasteiger partial charge < -0.3 is 14.4 Å². The lowest BCUT2D eigenvalue weighted by Gasteiger charge is -2.28. The summed E-state index contributed by atoms with van der Waals surface area (Å²) in [6.07, 6.45) is 0. The molecular formula is C17H20Cl2NO3P. The average molecular weight is 388 g/mol. The van der Waals surface area contributed by atoms with Crippen molar-refractivity contribution in [3.05, 3.63) is 64.1 Å². The highest BCUT2D eigenvalue weighted by Crippen LogP contribution is 2.61. The maximum Gasteiger partial charge on any atom is 0.357 e.